The third-order valence-corrected chi connectivity index (χ3v) is 3.70. The molecule has 0 amide bonds. The predicted octanol–water partition coefficient (Wildman–Crippen LogP) is 3.39. The lowest BCUT2D eigenvalue weighted by atomic mass is 10.0. The highest BCUT2D eigenvalue weighted by molar-refractivity contribution is 5.39. The van der Waals surface area contributed by atoms with E-state index in [1.807, 2.05) is 0 Å². The van der Waals surface area contributed by atoms with Gasteiger partial charge in [-0.05, 0) is 39.5 Å². The molecule has 1 atom stereocenters. The maximum atomic E-state index is 6.01. The van der Waals surface area contributed by atoms with Gasteiger partial charge in [0.15, 0.2) is 0 Å². The normalized spacial score (nSPS) is 12.7. The second-order valence-electron chi connectivity index (χ2n) is 5.20. The Hall–Kier alpha value is -1.06. The summed E-state index contributed by atoms with van der Waals surface area (Å²) >= 11 is 0. The van der Waals surface area contributed by atoms with Crippen LogP contribution in [-0.4, -0.2) is 37.7 Å². The minimum atomic E-state index is 0.323. The Morgan fingerprint density at radius 2 is 1.90 bits per heavy atom. The number of rotatable bonds is 9. The van der Waals surface area contributed by atoms with Crippen LogP contribution in [0.1, 0.15) is 44.9 Å². The van der Waals surface area contributed by atoms with Crippen LogP contribution in [0.5, 0.6) is 5.75 Å². The first kappa shape index (κ1) is 17.0. The zero-order valence-corrected chi connectivity index (χ0v) is 13.7. The molecule has 3 heteroatoms. The molecule has 0 bridgehead atoms. The van der Waals surface area contributed by atoms with Gasteiger partial charge in [0.1, 0.15) is 12.4 Å². The summed E-state index contributed by atoms with van der Waals surface area (Å²) < 4.78 is 6.01. The minimum absolute atomic E-state index is 0.323. The van der Waals surface area contributed by atoms with Crippen molar-refractivity contribution >= 4 is 0 Å². The first-order valence-corrected chi connectivity index (χ1v) is 7.81. The molecule has 0 radical (unpaired) electrons. The molecule has 0 aliphatic rings. The van der Waals surface area contributed by atoms with Crippen molar-refractivity contribution in [2.45, 2.75) is 40.7 Å². The van der Waals surface area contributed by atoms with E-state index >= 15 is 0 Å². The summed E-state index contributed by atoms with van der Waals surface area (Å²) in [4.78, 5) is 2.38. The van der Waals surface area contributed by atoms with Crippen molar-refractivity contribution in [3.63, 3.8) is 0 Å². The summed E-state index contributed by atoms with van der Waals surface area (Å²) in [6.45, 7) is 15.7. The Morgan fingerprint density at radius 3 is 2.50 bits per heavy atom. The van der Waals surface area contributed by atoms with Crippen molar-refractivity contribution in [1.82, 2.24) is 10.2 Å². The van der Waals surface area contributed by atoms with Crippen molar-refractivity contribution in [3.05, 3.63) is 29.3 Å². The molecule has 3 nitrogen and oxygen atoms in total. The van der Waals surface area contributed by atoms with E-state index in [0.29, 0.717) is 6.04 Å². The number of nitrogens with one attached hydrogen (secondary N) is 1. The van der Waals surface area contributed by atoms with E-state index in [2.05, 4.69) is 63.0 Å². The van der Waals surface area contributed by atoms with Crippen LogP contribution in [0.3, 0.4) is 0 Å². The van der Waals surface area contributed by atoms with Gasteiger partial charge in [-0.1, -0.05) is 38.5 Å². The smallest absolute Gasteiger partial charge is 0.124 e. The summed E-state index contributed by atoms with van der Waals surface area (Å²) in [7, 11) is 0. The Morgan fingerprint density at radius 1 is 1.20 bits per heavy atom. The lowest BCUT2D eigenvalue weighted by Gasteiger charge is -2.21. The zero-order chi connectivity index (χ0) is 15.0. The van der Waals surface area contributed by atoms with Gasteiger partial charge in [-0.2, -0.15) is 0 Å². The molecule has 1 aromatic rings. The van der Waals surface area contributed by atoms with Crippen molar-refractivity contribution in [3.8, 4) is 5.75 Å². The number of likely N-dealkylation sites (N-methyl/N-ethyl adjacent to an activating group) is 1. The van der Waals surface area contributed by atoms with Gasteiger partial charge in [0, 0.05) is 18.2 Å². The lowest BCUT2D eigenvalue weighted by molar-refractivity contribution is 0.221. The topological polar surface area (TPSA) is 24.5 Å². The highest BCUT2D eigenvalue weighted by Crippen LogP contribution is 2.26. The molecule has 1 unspecified atom stereocenters. The quantitative estimate of drug-likeness (QED) is 0.749. The van der Waals surface area contributed by atoms with Crippen LogP contribution in [0.25, 0.3) is 0 Å². The van der Waals surface area contributed by atoms with Gasteiger partial charge in [0.25, 0.3) is 0 Å². The SMILES string of the molecule is CCNC(C)c1cc(C)ccc1OCCN(CC)CC. The largest absolute Gasteiger partial charge is 0.492 e. The van der Waals surface area contributed by atoms with Crippen molar-refractivity contribution in [2.75, 3.05) is 32.8 Å². The monoisotopic (exact) mass is 278 g/mol. The third kappa shape index (κ3) is 5.14. The van der Waals surface area contributed by atoms with Gasteiger partial charge < -0.3 is 15.0 Å². The van der Waals surface area contributed by atoms with Crippen LogP contribution < -0.4 is 10.1 Å². The van der Waals surface area contributed by atoms with Crippen LogP contribution >= 0.6 is 0 Å². The first-order valence-electron chi connectivity index (χ1n) is 7.81. The molecule has 1 rings (SSSR count). The number of ether oxygens (including phenoxy) is 1. The number of nitrogens with zero attached hydrogens (tertiary/aromatic N) is 1. The molecule has 0 saturated heterocycles. The molecule has 0 heterocycles. The fourth-order valence-corrected chi connectivity index (χ4v) is 2.38. The highest BCUT2D eigenvalue weighted by atomic mass is 16.5. The van der Waals surface area contributed by atoms with E-state index in [1.165, 1.54) is 11.1 Å². The third-order valence-electron chi connectivity index (χ3n) is 3.70. The molecular formula is C17H30N2O. The Labute approximate surface area is 124 Å². The average Bonchev–Trinajstić information content (AvgIpc) is 2.45. The van der Waals surface area contributed by atoms with Crippen molar-refractivity contribution in [2.24, 2.45) is 0 Å². The fraction of sp³-hybridized carbons (Fsp3) is 0.647. The van der Waals surface area contributed by atoms with Crippen LogP contribution in [0, 0.1) is 6.92 Å². The second kappa shape index (κ2) is 8.98. The molecule has 0 saturated carbocycles. The van der Waals surface area contributed by atoms with E-state index in [9.17, 15) is 0 Å². The molecule has 0 aliphatic carbocycles. The Balaban J connectivity index is 2.68. The molecule has 0 aliphatic heterocycles. The molecule has 20 heavy (non-hydrogen) atoms. The number of hydrogen-bond donors (Lipinski definition) is 1. The average molecular weight is 278 g/mol. The zero-order valence-electron chi connectivity index (χ0n) is 13.7. The molecular weight excluding hydrogens is 248 g/mol. The Kier molecular flexibility index (Phi) is 7.63. The van der Waals surface area contributed by atoms with Gasteiger partial charge in [-0.25, -0.2) is 0 Å². The van der Waals surface area contributed by atoms with Crippen molar-refractivity contribution < 1.29 is 4.74 Å². The van der Waals surface area contributed by atoms with E-state index in [-0.39, 0.29) is 0 Å². The maximum absolute atomic E-state index is 6.01. The first-order chi connectivity index (χ1) is 9.62. The van der Waals surface area contributed by atoms with Crippen LogP contribution in [0.15, 0.2) is 18.2 Å². The minimum Gasteiger partial charge on any atom is -0.492 e. The molecule has 114 valence electrons. The summed E-state index contributed by atoms with van der Waals surface area (Å²) in [6, 6.07) is 6.76. The maximum Gasteiger partial charge on any atom is 0.124 e. The summed E-state index contributed by atoms with van der Waals surface area (Å²) in [6.07, 6.45) is 0. The number of hydrogen-bond acceptors (Lipinski definition) is 3. The van der Waals surface area contributed by atoms with Crippen molar-refractivity contribution in [1.29, 1.82) is 0 Å². The van der Waals surface area contributed by atoms with E-state index in [0.717, 1.165) is 38.5 Å². The summed E-state index contributed by atoms with van der Waals surface area (Å²) in [5.74, 6) is 1.01. The lowest BCUT2D eigenvalue weighted by Crippen LogP contribution is -2.28. The number of benzene rings is 1. The van der Waals surface area contributed by atoms with Gasteiger partial charge in [0.2, 0.25) is 0 Å². The standard InChI is InChI=1S/C17H30N2O/c1-6-18-15(5)16-13-14(4)9-10-17(16)20-12-11-19(7-2)8-3/h9-10,13,15,18H,6-8,11-12H2,1-5H3. The van der Waals surface area contributed by atoms with E-state index in [1.54, 1.807) is 0 Å². The molecule has 0 spiro atoms. The van der Waals surface area contributed by atoms with Gasteiger partial charge >= 0.3 is 0 Å². The van der Waals surface area contributed by atoms with Gasteiger partial charge in [-0.15, -0.1) is 0 Å². The van der Waals surface area contributed by atoms with Crippen LogP contribution in [-0.2, 0) is 0 Å². The molecule has 0 fully saturated rings. The van der Waals surface area contributed by atoms with Crippen LogP contribution in [0.2, 0.25) is 0 Å². The molecule has 1 N–H and O–H groups in total. The molecule has 1 aromatic carbocycles. The highest BCUT2D eigenvalue weighted by Gasteiger charge is 2.11. The molecule has 0 aromatic heterocycles. The van der Waals surface area contributed by atoms with E-state index in [4.69, 9.17) is 4.74 Å². The van der Waals surface area contributed by atoms with Crippen LogP contribution in [0.4, 0.5) is 0 Å². The summed E-state index contributed by atoms with van der Waals surface area (Å²) in [5.41, 5.74) is 2.53. The fourth-order valence-electron chi connectivity index (χ4n) is 2.38. The van der Waals surface area contributed by atoms with E-state index < -0.39 is 0 Å². The second-order valence-corrected chi connectivity index (χ2v) is 5.20. The summed E-state index contributed by atoms with van der Waals surface area (Å²) in [5, 5.41) is 3.46. The van der Waals surface area contributed by atoms with Gasteiger partial charge in [0.05, 0.1) is 0 Å². The number of aryl methyl sites for hydroxylation is 1. The van der Waals surface area contributed by atoms with Gasteiger partial charge in [-0.3, -0.25) is 0 Å². The predicted molar refractivity (Wildman–Crippen MR) is 86.6 cm³/mol. The Bertz CT molecular complexity index is 389.